The van der Waals surface area contributed by atoms with Gasteiger partial charge in [-0.05, 0) is 22.3 Å². The molecule has 176 valence electrons. The minimum absolute atomic E-state index is 0.172. The van der Waals surface area contributed by atoms with E-state index in [1.807, 2.05) is 53.8 Å². The fourth-order valence-electron chi connectivity index (χ4n) is 4.02. The Morgan fingerprint density at radius 2 is 1.29 bits per heavy atom. The number of aliphatic carboxylic acids is 1. The Balaban J connectivity index is 1.49. The number of amides is 1. The van der Waals surface area contributed by atoms with Crippen LogP contribution in [0.25, 0.3) is 11.1 Å². The molecule has 5 nitrogen and oxygen atoms in total. The number of carboxylic acids is 1. The highest BCUT2D eigenvalue weighted by Crippen LogP contribution is 2.44. The summed E-state index contributed by atoms with van der Waals surface area (Å²) >= 11 is 0. The first kappa shape index (κ1) is 23.2. The number of benzene rings is 3. The fraction of sp³-hybridized carbons (Fsp3) is 0.167. The third-order valence-electron chi connectivity index (χ3n) is 5.64. The van der Waals surface area contributed by atoms with Crippen LogP contribution in [-0.4, -0.2) is 29.8 Å². The Morgan fingerprint density at radius 1 is 0.824 bits per heavy atom. The highest BCUT2D eigenvalue weighted by Gasteiger charge is 2.32. The molecule has 4 rings (SSSR count). The highest BCUT2D eigenvalue weighted by atomic mass is 19.2. The quantitative estimate of drug-likeness (QED) is 0.300. The topological polar surface area (TPSA) is 75.6 Å². The van der Waals surface area contributed by atoms with Crippen molar-refractivity contribution < 1.29 is 41.4 Å². The number of halogens is 5. The Morgan fingerprint density at radius 3 is 1.79 bits per heavy atom. The standard InChI is InChI=1S/C24H16F5NO4/c25-18-15(19(26)21(28)22(29)20(18)27)9-17(23(31)32)30-24(33)34-10-16-13-7-3-1-5-11(13)12-6-2-4-8-14(12)16/h1-8,16-17H,9-10H2,(H,30,33)(H,31,32)/t17-/m1/s1. The van der Waals surface area contributed by atoms with Gasteiger partial charge in [-0.25, -0.2) is 31.5 Å². The van der Waals surface area contributed by atoms with E-state index in [1.54, 1.807) is 0 Å². The second-order valence-corrected chi connectivity index (χ2v) is 7.61. The summed E-state index contributed by atoms with van der Waals surface area (Å²) in [6, 6.07) is 12.9. The van der Waals surface area contributed by atoms with Crippen LogP contribution in [0.5, 0.6) is 0 Å². The van der Waals surface area contributed by atoms with Crippen LogP contribution in [-0.2, 0) is 16.0 Å². The maximum Gasteiger partial charge on any atom is 0.407 e. The molecule has 0 saturated carbocycles. The van der Waals surface area contributed by atoms with Crippen LogP contribution in [0, 0.1) is 29.1 Å². The number of hydrogen-bond acceptors (Lipinski definition) is 3. The minimum Gasteiger partial charge on any atom is -0.480 e. The van der Waals surface area contributed by atoms with E-state index in [9.17, 15) is 36.6 Å². The lowest BCUT2D eigenvalue weighted by Gasteiger charge is -2.18. The summed E-state index contributed by atoms with van der Waals surface area (Å²) in [4.78, 5) is 23.8. The third kappa shape index (κ3) is 4.07. The third-order valence-corrected chi connectivity index (χ3v) is 5.64. The minimum atomic E-state index is -2.37. The van der Waals surface area contributed by atoms with Gasteiger partial charge in [0, 0.05) is 17.9 Å². The normalized spacial score (nSPS) is 13.2. The van der Waals surface area contributed by atoms with Gasteiger partial charge in [-0.1, -0.05) is 48.5 Å². The summed E-state index contributed by atoms with van der Waals surface area (Å²) in [6.45, 7) is -0.172. The van der Waals surface area contributed by atoms with Crippen LogP contribution < -0.4 is 5.32 Å². The van der Waals surface area contributed by atoms with Crippen LogP contribution in [0.2, 0.25) is 0 Å². The van der Waals surface area contributed by atoms with Crippen molar-refractivity contribution in [1.29, 1.82) is 0 Å². The molecule has 0 fully saturated rings. The first-order valence-electron chi connectivity index (χ1n) is 10.0. The summed E-state index contributed by atoms with van der Waals surface area (Å²) in [5, 5.41) is 11.2. The molecule has 0 radical (unpaired) electrons. The van der Waals surface area contributed by atoms with Crippen molar-refractivity contribution in [2.75, 3.05) is 6.61 Å². The number of carbonyl (C=O) groups excluding carboxylic acids is 1. The van der Waals surface area contributed by atoms with E-state index in [0.29, 0.717) is 0 Å². The second-order valence-electron chi connectivity index (χ2n) is 7.61. The van der Waals surface area contributed by atoms with E-state index >= 15 is 0 Å². The van der Waals surface area contributed by atoms with Crippen molar-refractivity contribution >= 4 is 12.1 Å². The van der Waals surface area contributed by atoms with Crippen LogP contribution >= 0.6 is 0 Å². The lowest BCUT2D eigenvalue weighted by Crippen LogP contribution is -2.43. The van der Waals surface area contributed by atoms with Crippen LogP contribution in [0.4, 0.5) is 26.7 Å². The van der Waals surface area contributed by atoms with Crippen molar-refractivity contribution in [3.05, 3.63) is 94.3 Å². The Labute approximate surface area is 189 Å². The van der Waals surface area contributed by atoms with Gasteiger partial charge in [0.15, 0.2) is 23.3 Å². The molecule has 0 aromatic heterocycles. The molecule has 2 N–H and O–H groups in total. The largest absolute Gasteiger partial charge is 0.480 e. The molecule has 1 atom stereocenters. The molecule has 0 heterocycles. The number of carboxylic acid groups (broad SMARTS) is 1. The molecule has 0 aliphatic heterocycles. The first-order chi connectivity index (χ1) is 16.2. The predicted molar refractivity (Wildman–Crippen MR) is 110 cm³/mol. The maximum atomic E-state index is 13.9. The summed E-state index contributed by atoms with van der Waals surface area (Å²) in [6.07, 6.45) is -2.41. The van der Waals surface area contributed by atoms with E-state index in [0.717, 1.165) is 22.3 Å². The first-order valence-corrected chi connectivity index (χ1v) is 10.0. The number of carbonyl (C=O) groups is 2. The van der Waals surface area contributed by atoms with Gasteiger partial charge in [-0.3, -0.25) is 0 Å². The molecule has 1 aliphatic rings. The molecule has 1 aliphatic carbocycles. The second kappa shape index (κ2) is 9.12. The molecular formula is C24H16F5NO4. The van der Waals surface area contributed by atoms with Crippen LogP contribution in [0.1, 0.15) is 22.6 Å². The van der Waals surface area contributed by atoms with Crippen LogP contribution in [0.15, 0.2) is 48.5 Å². The monoisotopic (exact) mass is 477 g/mol. The summed E-state index contributed by atoms with van der Waals surface area (Å²) in [7, 11) is 0. The zero-order chi connectivity index (χ0) is 24.6. The Hall–Kier alpha value is -3.95. The van der Waals surface area contributed by atoms with Gasteiger partial charge in [0.2, 0.25) is 5.82 Å². The van der Waals surface area contributed by atoms with Gasteiger partial charge in [-0.2, -0.15) is 0 Å². The van der Waals surface area contributed by atoms with Crippen molar-refractivity contribution in [2.24, 2.45) is 0 Å². The van der Waals surface area contributed by atoms with Gasteiger partial charge in [-0.15, -0.1) is 0 Å². The Kier molecular flexibility index (Phi) is 6.23. The molecular weight excluding hydrogens is 461 g/mol. The molecule has 3 aromatic rings. The van der Waals surface area contributed by atoms with E-state index in [2.05, 4.69) is 0 Å². The van der Waals surface area contributed by atoms with Gasteiger partial charge < -0.3 is 15.2 Å². The van der Waals surface area contributed by atoms with Gasteiger partial charge in [0.1, 0.15) is 12.6 Å². The van der Waals surface area contributed by atoms with Gasteiger partial charge in [0.05, 0.1) is 0 Å². The predicted octanol–water partition coefficient (Wildman–Crippen LogP) is 4.92. The number of rotatable bonds is 6. The van der Waals surface area contributed by atoms with E-state index in [-0.39, 0.29) is 12.5 Å². The fourth-order valence-corrected chi connectivity index (χ4v) is 4.02. The smallest absolute Gasteiger partial charge is 0.407 e. The van der Waals surface area contributed by atoms with E-state index in [1.165, 1.54) is 0 Å². The molecule has 0 spiro atoms. The number of fused-ring (bicyclic) bond motifs is 3. The molecule has 3 aromatic carbocycles. The summed E-state index contributed by atoms with van der Waals surface area (Å²) < 4.78 is 73.1. The molecule has 10 heteroatoms. The summed E-state index contributed by atoms with van der Waals surface area (Å²) in [5.74, 6) is -13.2. The van der Waals surface area contributed by atoms with Crippen molar-refractivity contribution in [2.45, 2.75) is 18.4 Å². The van der Waals surface area contributed by atoms with Crippen molar-refractivity contribution in [1.82, 2.24) is 5.32 Å². The lowest BCUT2D eigenvalue weighted by molar-refractivity contribution is -0.139. The van der Waals surface area contributed by atoms with E-state index < -0.39 is 59.2 Å². The van der Waals surface area contributed by atoms with E-state index in [4.69, 9.17) is 4.74 Å². The average Bonchev–Trinajstić information content (AvgIpc) is 3.15. The number of ether oxygens (including phenoxy) is 1. The average molecular weight is 477 g/mol. The zero-order valence-corrected chi connectivity index (χ0v) is 17.2. The number of alkyl carbamates (subject to hydrolysis) is 1. The molecule has 34 heavy (non-hydrogen) atoms. The van der Waals surface area contributed by atoms with Crippen LogP contribution in [0.3, 0.4) is 0 Å². The summed E-state index contributed by atoms with van der Waals surface area (Å²) in [5.41, 5.74) is 2.35. The lowest BCUT2D eigenvalue weighted by atomic mass is 9.98. The molecule has 0 unspecified atom stereocenters. The maximum absolute atomic E-state index is 13.9. The molecule has 0 bridgehead atoms. The molecule has 1 amide bonds. The van der Waals surface area contributed by atoms with Crippen molar-refractivity contribution in [3.63, 3.8) is 0 Å². The Bertz CT molecular complexity index is 1220. The highest BCUT2D eigenvalue weighted by molar-refractivity contribution is 5.81. The number of hydrogen-bond donors (Lipinski definition) is 2. The zero-order valence-electron chi connectivity index (χ0n) is 17.2. The van der Waals surface area contributed by atoms with Gasteiger partial charge in [0.25, 0.3) is 0 Å². The van der Waals surface area contributed by atoms with Gasteiger partial charge >= 0.3 is 12.1 Å². The SMILES string of the molecule is O=C(N[C@H](Cc1c(F)c(F)c(F)c(F)c1F)C(=O)O)OCC1c2ccccc2-c2ccccc21. The van der Waals surface area contributed by atoms with Crippen molar-refractivity contribution in [3.8, 4) is 11.1 Å². The molecule has 0 saturated heterocycles. The number of nitrogens with one attached hydrogen (secondary N) is 1.